The van der Waals surface area contributed by atoms with Gasteiger partial charge in [-0.05, 0) is 73.4 Å². The molecule has 0 aliphatic carbocycles. The second-order valence-corrected chi connectivity index (χ2v) is 8.63. The van der Waals surface area contributed by atoms with E-state index in [0.717, 1.165) is 33.7 Å². The molecule has 1 N–H and O–H groups in total. The van der Waals surface area contributed by atoms with E-state index in [1.54, 1.807) is 12.0 Å². The van der Waals surface area contributed by atoms with E-state index in [4.69, 9.17) is 4.74 Å². The van der Waals surface area contributed by atoms with Crippen molar-refractivity contribution < 1.29 is 14.3 Å². The summed E-state index contributed by atoms with van der Waals surface area (Å²) in [6.07, 6.45) is 0.441. The number of rotatable bonds is 5. The van der Waals surface area contributed by atoms with Gasteiger partial charge in [-0.25, -0.2) is 0 Å². The minimum Gasteiger partial charge on any atom is -0.497 e. The number of hydrogen-bond acceptors (Lipinski definition) is 3. The zero-order valence-corrected chi connectivity index (χ0v) is 18.9. The minimum atomic E-state index is -1.06. The van der Waals surface area contributed by atoms with Crippen LogP contribution in [-0.2, 0) is 17.8 Å². The Hall–Kier alpha value is -3.60. The standard InChI is InChI=1S/C27H28N2O3/c1-18-13-19(2)15-22(14-18)29-25(30)24-8-6-5-7-21(24)16-27(29,3)26(31)28-17-20-9-11-23(32-4)12-10-20/h5-15H,16-17H2,1-4H3,(H,28,31)/t27-/m1/s1. The van der Waals surface area contributed by atoms with Crippen LogP contribution in [0.5, 0.6) is 5.75 Å². The van der Waals surface area contributed by atoms with Crippen molar-refractivity contribution in [2.24, 2.45) is 0 Å². The number of ether oxygens (including phenoxy) is 1. The molecule has 0 aromatic heterocycles. The van der Waals surface area contributed by atoms with Gasteiger partial charge in [0.2, 0.25) is 5.91 Å². The van der Waals surface area contributed by atoms with Crippen molar-refractivity contribution in [1.82, 2.24) is 5.32 Å². The molecule has 1 heterocycles. The van der Waals surface area contributed by atoms with E-state index in [1.165, 1.54) is 0 Å². The molecule has 0 saturated heterocycles. The van der Waals surface area contributed by atoms with Gasteiger partial charge in [0.25, 0.3) is 5.91 Å². The number of nitrogens with zero attached hydrogens (tertiary/aromatic N) is 1. The molecule has 1 aliphatic heterocycles. The Bertz CT molecular complexity index is 1150. The number of carbonyl (C=O) groups excluding carboxylic acids is 2. The van der Waals surface area contributed by atoms with Crippen molar-refractivity contribution in [2.75, 3.05) is 12.0 Å². The van der Waals surface area contributed by atoms with Gasteiger partial charge in [0.1, 0.15) is 11.3 Å². The molecule has 0 fully saturated rings. The monoisotopic (exact) mass is 428 g/mol. The highest BCUT2D eigenvalue weighted by molar-refractivity contribution is 6.14. The Balaban J connectivity index is 1.70. The molecule has 0 saturated carbocycles. The number of hydrogen-bond donors (Lipinski definition) is 1. The number of methoxy groups -OCH3 is 1. The molecule has 5 nitrogen and oxygen atoms in total. The summed E-state index contributed by atoms with van der Waals surface area (Å²) in [5.74, 6) is 0.428. The smallest absolute Gasteiger partial charge is 0.259 e. The third kappa shape index (κ3) is 3.98. The Morgan fingerprint density at radius 1 is 1.03 bits per heavy atom. The molecule has 164 valence electrons. The van der Waals surface area contributed by atoms with Crippen LogP contribution in [0, 0.1) is 13.8 Å². The van der Waals surface area contributed by atoms with E-state index in [1.807, 2.05) is 81.4 Å². The normalized spacial score (nSPS) is 17.6. The Kier molecular flexibility index (Phi) is 5.74. The van der Waals surface area contributed by atoms with Crippen LogP contribution < -0.4 is 15.0 Å². The molecule has 0 spiro atoms. The largest absolute Gasteiger partial charge is 0.497 e. The highest BCUT2D eigenvalue weighted by Crippen LogP contribution is 2.36. The van der Waals surface area contributed by atoms with Crippen LogP contribution in [0.2, 0.25) is 0 Å². The molecule has 3 aromatic rings. The maximum Gasteiger partial charge on any atom is 0.259 e. The summed E-state index contributed by atoms with van der Waals surface area (Å²) in [6, 6.07) is 21.1. The molecular weight excluding hydrogens is 400 g/mol. The Labute approximate surface area is 189 Å². The van der Waals surface area contributed by atoms with Crippen LogP contribution in [0.25, 0.3) is 0 Å². The van der Waals surface area contributed by atoms with Gasteiger partial charge < -0.3 is 10.1 Å². The van der Waals surface area contributed by atoms with E-state index in [0.29, 0.717) is 18.5 Å². The fourth-order valence-corrected chi connectivity index (χ4v) is 4.46. The fourth-order valence-electron chi connectivity index (χ4n) is 4.46. The Morgan fingerprint density at radius 3 is 2.34 bits per heavy atom. The van der Waals surface area contributed by atoms with Crippen molar-refractivity contribution in [3.8, 4) is 5.75 Å². The zero-order valence-electron chi connectivity index (χ0n) is 18.9. The lowest BCUT2D eigenvalue weighted by Crippen LogP contribution is -2.63. The molecule has 3 aromatic carbocycles. The predicted molar refractivity (Wildman–Crippen MR) is 126 cm³/mol. The van der Waals surface area contributed by atoms with Gasteiger partial charge in [-0.3, -0.25) is 14.5 Å². The van der Waals surface area contributed by atoms with Gasteiger partial charge in [-0.1, -0.05) is 36.4 Å². The molecule has 4 rings (SSSR count). The Morgan fingerprint density at radius 2 is 1.69 bits per heavy atom. The van der Waals surface area contributed by atoms with Crippen molar-refractivity contribution in [1.29, 1.82) is 0 Å². The second-order valence-electron chi connectivity index (χ2n) is 8.63. The number of amides is 2. The molecule has 1 atom stereocenters. The summed E-state index contributed by atoms with van der Waals surface area (Å²) >= 11 is 0. The SMILES string of the molecule is COc1ccc(CNC(=O)[C@@]2(C)Cc3ccccc3C(=O)N2c2cc(C)cc(C)c2)cc1. The fraction of sp³-hybridized carbons (Fsp3) is 0.259. The first kappa shape index (κ1) is 21.6. The van der Waals surface area contributed by atoms with Crippen LogP contribution >= 0.6 is 0 Å². The van der Waals surface area contributed by atoms with E-state index < -0.39 is 5.54 Å². The average Bonchev–Trinajstić information content (AvgIpc) is 2.77. The maximum absolute atomic E-state index is 13.6. The lowest BCUT2D eigenvalue weighted by Gasteiger charge is -2.44. The molecule has 0 radical (unpaired) electrons. The summed E-state index contributed by atoms with van der Waals surface area (Å²) in [5.41, 5.74) is 4.28. The van der Waals surface area contributed by atoms with Crippen LogP contribution in [0.3, 0.4) is 0 Å². The van der Waals surface area contributed by atoms with Crippen LogP contribution in [-0.4, -0.2) is 24.5 Å². The molecule has 5 heteroatoms. The molecule has 0 bridgehead atoms. The maximum atomic E-state index is 13.6. The number of anilines is 1. The van der Waals surface area contributed by atoms with Crippen molar-refractivity contribution in [3.05, 3.63) is 94.5 Å². The van der Waals surface area contributed by atoms with Crippen molar-refractivity contribution in [3.63, 3.8) is 0 Å². The highest BCUT2D eigenvalue weighted by atomic mass is 16.5. The number of benzene rings is 3. The summed E-state index contributed by atoms with van der Waals surface area (Å²) in [6.45, 7) is 6.22. The van der Waals surface area contributed by atoms with Gasteiger partial charge in [0.15, 0.2) is 0 Å². The summed E-state index contributed by atoms with van der Waals surface area (Å²) in [4.78, 5) is 28.9. The number of aryl methyl sites for hydroxylation is 2. The lowest BCUT2D eigenvalue weighted by molar-refractivity contribution is -0.126. The average molecular weight is 429 g/mol. The quantitative estimate of drug-likeness (QED) is 0.647. The first-order valence-electron chi connectivity index (χ1n) is 10.7. The molecule has 2 amide bonds. The van der Waals surface area contributed by atoms with Crippen molar-refractivity contribution in [2.45, 2.75) is 39.3 Å². The summed E-state index contributed by atoms with van der Waals surface area (Å²) < 4.78 is 5.20. The number of fused-ring (bicyclic) bond motifs is 1. The van der Waals surface area contributed by atoms with Gasteiger partial charge in [-0.15, -0.1) is 0 Å². The molecular formula is C27H28N2O3. The third-order valence-electron chi connectivity index (χ3n) is 6.04. The van der Waals surface area contributed by atoms with Crippen LogP contribution in [0.1, 0.15) is 39.5 Å². The number of nitrogens with one attached hydrogen (secondary N) is 1. The van der Waals surface area contributed by atoms with E-state index in [-0.39, 0.29) is 11.8 Å². The van der Waals surface area contributed by atoms with E-state index in [2.05, 4.69) is 11.4 Å². The zero-order chi connectivity index (χ0) is 22.9. The highest BCUT2D eigenvalue weighted by Gasteiger charge is 2.47. The van der Waals surface area contributed by atoms with Gasteiger partial charge in [0, 0.05) is 24.2 Å². The predicted octanol–water partition coefficient (Wildman–Crippen LogP) is 4.59. The molecule has 0 unspecified atom stereocenters. The number of carbonyl (C=O) groups is 2. The minimum absolute atomic E-state index is 0.154. The molecule has 1 aliphatic rings. The van der Waals surface area contributed by atoms with Gasteiger partial charge in [0.05, 0.1) is 7.11 Å². The third-order valence-corrected chi connectivity index (χ3v) is 6.04. The summed E-state index contributed by atoms with van der Waals surface area (Å²) in [5, 5.41) is 3.05. The summed E-state index contributed by atoms with van der Waals surface area (Å²) in [7, 11) is 1.62. The van der Waals surface area contributed by atoms with E-state index >= 15 is 0 Å². The van der Waals surface area contributed by atoms with Crippen molar-refractivity contribution >= 4 is 17.5 Å². The first-order valence-corrected chi connectivity index (χ1v) is 10.7. The lowest BCUT2D eigenvalue weighted by atomic mass is 9.82. The second kappa shape index (κ2) is 8.50. The first-order chi connectivity index (χ1) is 15.3. The van der Waals surface area contributed by atoms with Gasteiger partial charge in [-0.2, -0.15) is 0 Å². The van der Waals surface area contributed by atoms with Crippen LogP contribution in [0.15, 0.2) is 66.7 Å². The van der Waals surface area contributed by atoms with E-state index in [9.17, 15) is 9.59 Å². The topological polar surface area (TPSA) is 58.6 Å². The van der Waals surface area contributed by atoms with Crippen LogP contribution in [0.4, 0.5) is 5.69 Å². The van der Waals surface area contributed by atoms with Gasteiger partial charge >= 0.3 is 0 Å². The molecule has 32 heavy (non-hydrogen) atoms.